The third kappa shape index (κ3) is 3.45. The van der Waals surface area contributed by atoms with Crippen LogP contribution in [0.4, 0.5) is 4.79 Å². The molecule has 0 aliphatic rings. The second-order valence-corrected chi connectivity index (χ2v) is 8.74. The lowest BCUT2D eigenvalue weighted by molar-refractivity contribution is 0.0779. The molecule has 2 aromatic carbocycles. The first kappa shape index (κ1) is 19.0. The molecule has 0 radical (unpaired) electrons. The van der Waals surface area contributed by atoms with Crippen molar-refractivity contribution in [1.29, 1.82) is 0 Å². The maximum absolute atomic E-state index is 12.5. The molecule has 0 saturated carbocycles. The van der Waals surface area contributed by atoms with E-state index in [1.54, 1.807) is 0 Å². The Bertz CT molecular complexity index is 1280. The highest BCUT2D eigenvalue weighted by Gasteiger charge is 2.26. The van der Waals surface area contributed by atoms with Crippen molar-refractivity contribution in [3.63, 3.8) is 0 Å². The number of nitrogens with zero attached hydrogens (tertiary/aromatic N) is 1. The molecule has 9 heteroatoms. The number of fused-ring (bicyclic) bond motifs is 3. The van der Waals surface area contributed by atoms with Crippen molar-refractivity contribution in [1.82, 2.24) is 9.40 Å². The van der Waals surface area contributed by atoms with Gasteiger partial charge in [-0.1, -0.05) is 36.4 Å². The molecule has 4 aromatic rings. The Kier molecular flexibility index (Phi) is 4.36. The number of aromatic nitrogens is 1. The number of para-hydroxylation sites is 2. The highest BCUT2D eigenvalue weighted by atomic mass is 32.2. The van der Waals surface area contributed by atoms with Crippen molar-refractivity contribution in [2.75, 3.05) is 5.43 Å². The van der Waals surface area contributed by atoms with E-state index in [4.69, 9.17) is 4.42 Å². The summed E-state index contributed by atoms with van der Waals surface area (Å²) in [7, 11) is -4.26. The molecule has 2 aromatic heterocycles. The number of benzene rings is 2. The largest absolute Gasteiger partial charge is 0.451 e. The van der Waals surface area contributed by atoms with Crippen molar-refractivity contribution in [3.8, 4) is 0 Å². The molecule has 0 saturated heterocycles. The Morgan fingerprint density at radius 2 is 1.59 bits per heavy atom. The first-order valence-corrected chi connectivity index (χ1v) is 10.3. The number of carbonyl (C=O) groups excluding carboxylic acids is 1. The molecule has 8 nitrogen and oxygen atoms in total. The molecule has 150 valence electrons. The second-order valence-electron chi connectivity index (χ2n) is 7.13. The van der Waals surface area contributed by atoms with Gasteiger partial charge >= 0.3 is 6.03 Å². The fourth-order valence-electron chi connectivity index (χ4n) is 3.12. The van der Waals surface area contributed by atoms with E-state index in [1.165, 1.54) is 24.6 Å². The molecule has 4 rings (SSSR count). The van der Waals surface area contributed by atoms with E-state index in [9.17, 15) is 18.3 Å². The summed E-state index contributed by atoms with van der Waals surface area (Å²) in [4.78, 5) is 12.5. The van der Waals surface area contributed by atoms with Gasteiger partial charge in [-0.25, -0.2) is 14.9 Å². The molecule has 0 aliphatic carbocycles. The van der Waals surface area contributed by atoms with Crippen molar-refractivity contribution in [3.05, 3.63) is 66.4 Å². The van der Waals surface area contributed by atoms with Crippen LogP contribution in [0.1, 0.15) is 19.4 Å². The van der Waals surface area contributed by atoms with E-state index in [2.05, 4.69) is 5.43 Å². The van der Waals surface area contributed by atoms with Crippen molar-refractivity contribution < 1.29 is 22.7 Å². The fraction of sp³-hybridized carbons (Fsp3) is 0.150. The average molecular weight is 413 g/mol. The Morgan fingerprint density at radius 1 is 1.03 bits per heavy atom. The molecule has 2 amide bonds. The van der Waals surface area contributed by atoms with Crippen LogP contribution in [0.5, 0.6) is 0 Å². The van der Waals surface area contributed by atoms with E-state index >= 15 is 0 Å². The van der Waals surface area contributed by atoms with Crippen LogP contribution < -0.4 is 10.1 Å². The highest BCUT2D eigenvalue weighted by Crippen LogP contribution is 2.28. The summed E-state index contributed by atoms with van der Waals surface area (Å²) < 4.78 is 33.5. The zero-order chi connectivity index (χ0) is 20.8. The van der Waals surface area contributed by atoms with E-state index in [-0.39, 0.29) is 5.56 Å². The minimum atomic E-state index is -4.26. The fourth-order valence-corrected chi connectivity index (χ4v) is 3.97. The van der Waals surface area contributed by atoms with E-state index in [1.807, 2.05) is 53.3 Å². The lowest BCUT2D eigenvalue weighted by Gasteiger charge is -2.13. The summed E-state index contributed by atoms with van der Waals surface area (Å²) in [5, 5.41) is 11.3. The van der Waals surface area contributed by atoms with Gasteiger partial charge in [0.15, 0.2) is 0 Å². The number of hydrogen-bond acceptors (Lipinski definition) is 5. The smallest absolute Gasteiger partial charge is 0.347 e. The number of aliphatic hydroxyl groups is 1. The minimum absolute atomic E-state index is 0.278. The van der Waals surface area contributed by atoms with Crippen molar-refractivity contribution in [2.24, 2.45) is 0 Å². The molecule has 0 spiro atoms. The maximum Gasteiger partial charge on any atom is 0.347 e. The molecule has 3 N–H and O–H groups in total. The van der Waals surface area contributed by atoms with Gasteiger partial charge in [0, 0.05) is 22.4 Å². The first-order valence-electron chi connectivity index (χ1n) is 8.80. The van der Waals surface area contributed by atoms with E-state index in [0.29, 0.717) is 0 Å². The molecule has 29 heavy (non-hydrogen) atoms. The van der Waals surface area contributed by atoms with Crippen LogP contribution in [0.25, 0.3) is 21.8 Å². The number of rotatable bonds is 4. The van der Waals surface area contributed by atoms with Gasteiger partial charge in [-0.2, -0.15) is 8.42 Å². The van der Waals surface area contributed by atoms with Crippen LogP contribution in [-0.2, 0) is 15.6 Å². The molecule has 0 bridgehead atoms. The molecular weight excluding hydrogens is 394 g/mol. The second kappa shape index (κ2) is 6.64. The third-order valence-corrected chi connectivity index (χ3v) is 5.77. The van der Waals surface area contributed by atoms with Gasteiger partial charge < -0.3 is 9.52 Å². The Morgan fingerprint density at radius 3 is 2.10 bits per heavy atom. The minimum Gasteiger partial charge on any atom is -0.451 e. The number of carbonyl (C=O) groups is 1. The van der Waals surface area contributed by atoms with Crippen LogP contribution in [0, 0.1) is 0 Å². The van der Waals surface area contributed by atoms with Gasteiger partial charge in [0.2, 0.25) is 5.09 Å². The number of urea groups is 1. The number of furan rings is 1. The topological polar surface area (TPSA) is 114 Å². The highest BCUT2D eigenvalue weighted by molar-refractivity contribution is 7.89. The zero-order valence-electron chi connectivity index (χ0n) is 15.7. The zero-order valence-corrected chi connectivity index (χ0v) is 16.5. The monoisotopic (exact) mass is 413 g/mol. The Hall–Kier alpha value is -3.30. The van der Waals surface area contributed by atoms with Crippen LogP contribution in [0.15, 0.2) is 70.4 Å². The predicted molar refractivity (Wildman–Crippen MR) is 108 cm³/mol. The SMILES string of the molecule is CC(C)(O)c1coc(S(=O)(=O)NC(=O)Nn2c3ccccc3c3ccccc32)c1. The van der Waals surface area contributed by atoms with Crippen molar-refractivity contribution >= 4 is 37.9 Å². The van der Waals surface area contributed by atoms with Gasteiger partial charge in [-0.15, -0.1) is 0 Å². The number of hydrogen-bond donors (Lipinski definition) is 3. The lowest BCUT2D eigenvalue weighted by Crippen LogP contribution is -2.38. The molecule has 0 fully saturated rings. The molecule has 2 heterocycles. The molecular formula is C20H19N3O5S. The predicted octanol–water partition coefficient (Wildman–Crippen LogP) is 3.26. The van der Waals surface area contributed by atoms with Gasteiger partial charge in [0.25, 0.3) is 10.0 Å². The first-order chi connectivity index (χ1) is 13.7. The number of nitrogens with one attached hydrogen (secondary N) is 2. The standard InChI is InChI=1S/C20H19N3O5S/c1-20(2,25)13-11-18(28-12-13)29(26,27)22-19(24)21-23-16-9-5-3-7-14(16)15-8-4-6-10-17(15)23/h3-12,25H,1-2H3,(H2,21,22,24). The van der Waals surface area contributed by atoms with Gasteiger partial charge in [0.05, 0.1) is 22.9 Å². The van der Waals surface area contributed by atoms with E-state index in [0.717, 1.165) is 28.1 Å². The maximum atomic E-state index is 12.5. The van der Waals surface area contributed by atoms with Crippen LogP contribution >= 0.6 is 0 Å². The molecule has 0 unspecified atom stereocenters. The van der Waals surface area contributed by atoms with Crippen LogP contribution in [-0.4, -0.2) is 24.2 Å². The third-order valence-electron chi connectivity index (χ3n) is 4.57. The molecule has 0 aliphatic heterocycles. The van der Waals surface area contributed by atoms with Crippen LogP contribution in [0.2, 0.25) is 0 Å². The number of amides is 2. The number of sulfonamides is 1. The summed E-state index contributed by atoms with van der Waals surface area (Å²) in [5.41, 5.74) is 3.02. The van der Waals surface area contributed by atoms with Gasteiger partial charge in [0.1, 0.15) is 0 Å². The summed E-state index contributed by atoms with van der Waals surface area (Å²) >= 11 is 0. The van der Waals surface area contributed by atoms with Crippen molar-refractivity contribution in [2.45, 2.75) is 24.5 Å². The summed E-state index contributed by atoms with van der Waals surface area (Å²) in [6.07, 6.45) is 1.14. The Labute approximate surface area is 166 Å². The van der Waals surface area contributed by atoms with Gasteiger partial charge in [-0.05, 0) is 26.0 Å². The molecule has 0 atom stereocenters. The average Bonchev–Trinajstić information content (AvgIpc) is 3.27. The van der Waals surface area contributed by atoms with E-state index < -0.39 is 26.7 Å². The normalized spacial score (nSPS) is 12.4. The van der Waals surface area contributed by atoms with Gasteiger partial charge in [-0.3, -0.25) is 4.68 Å². The summed E-state index contributed by atoms with van der Waals surface area (Å²) in [6.45, 7) is 2.99. The van der Waals surface area contributed by atoms with Crippen LogP contribution in [0.3, 0.4) is 0 Å². The summed E-state index contributed by atoms with van der Waals surface area (Å²) in [5.74, 6) is 0. The lowest BCUT2D eigenvalue weighted by atomic mass is 10.0. The Balaban J connectivity index is 1.64. The quantitative estimate of drug-likeness (QED) is 0.475. The summed E-state index contributed by atoms with van der Waals surface area (Å²) in [6, 6.07) is 15.2.